The highest BCUT2D eigenvalue weighted by atomic mass is 32.2. The summed E-state index contributed by atoms with van der Waals surface area (Å²) in [6.45, 7) is 2.75. The SMILES string of the molecule is COc1ccc(OC)c(C2CCCN2C(=O)c2ccc(CSc3nc(C)cs3)cc2)c1. The molecule has 2 aromatic carbocycles. The summed E-state index contributed by atoms with van der Waals surface area (Å²) in [5.41, 5.74) is 3.95. The van der Waals surface area contributed by atoms with E-state index < -0.39 is 0 Å². The van der Waals surface area contributed by atoms with Crippen molar-refractivity contribution >= 4 is 29.0 Å². The van der Waals surface area contributed by atoms with Gasteiger partial charge in [0.15, 0.2) is 0 Å². The molecule has 0 radical (unpaired) electrons. The zero-order valence-corrected chi connectivity index (χ0v) is 19.6. The van der Waals surface area contributed by atoms with Crippen LogP contribution in [0.1, 0.15) is 46.1 Å². The first-order valence-electron chi connectivity index (χ1n) is 10.3. The molecule has 5 nitrogen and oxygen atoms in total. The van der Waals surface area contributed by atoms with Gasteiger partial charge in [-0.1, -0.05) is 23.9 Å². The second kappa shape index (κ2) is 9.75. The smallest absolute Gasteiger partial charge is 0.254 e. The number of likely N-dealkylation sites (tertiary alicyclic amines) is 1. The maximum Gasteiger partial charge on any atom is 0.254 e. The summed E-state index contributed by atoms with van der Waals surface area (Å²) in [5.74, 6) is 2.46. The van der Waals surface area contributed by atoms with Gasteiger partial charge in [0.2, 0.25) is 0 Å². The van der Waals surface area contributed by atoms with Crippen molar-refractivity contribution in [3.8, 4) is 11.5 Å². The van der Waals surface area contributed by atoms with Crippen LogP contribution in [-0.2, 0) is 5.75 Å². The van der Waals surface area contributed by atoms with Crippen LogP contribution in [0, 0.1) is 6.92 Å². The van der Waals surface area contributed by atoms with Crippen molar-refractivity contribution in [3.05, 3.63) is 70.2 Å². The number of methoxy groups -OCH3 is 2. The quantitative estimate of drug-likeness (QED) is 0.426. The Balaban J connectivity index is 1.48. The zero-order chi connectivity index (χ0) is 21.8. The van der Waals surface area contributed by atoms with E-state index in [0.717, 1.165) is 52.2 Å². The van der Waals surface area contributed by atoms with Crippen LogP contribution in [0.5, 0.6) is 11.5 Å². The van der Waals surface area contributed by atoms with E-state index in [1.807, 2.05) is 54.3 Å². The van der Waals surface area contributed by atoms with E-state index in [2.05, 4.69) is 10.4 Å². The fourth-order valence-electron chi connectivity index (χ4n) is 3.89. The minimum absolute atomic E-state index is 0.0130. The Labute approximate surface area is 191 Å². The highest BCUT2D eigenvalue weighted by molar-refractivity contribution is 8.00. The topological polar surface area (TPSA) is 51.7 Å². The lowest BCUT2D eigenvalue weighted by molar-refractivity contribution is 0.0734. The molecule has 31 heavy (non-hydrogen) atoms. The molecule has 1 aliphatic heterocycles. The van der Waals surface area contributed by atoms with E-state index in [9.17, 15) is 4.79 Å². The maximum absolute atomic E-state index is 13.3. The van der Waals surface area contributed by atoms with Crippen LogP contribution >= 0.6 is 23.1 Å². The van der Waals surface area contributed by atoms with Gasteiger partial charge < -0.3 is 14.4 Å². The van der Waals surface area contributed by atoms with Crippen molar-refractivity contribution in [3.63, 3.8) is 0 Å². The van der Waals surface area contributed by atoms with Crippen LogP contribution in [-0.4, -0.2) is 36.6 Å². The molecule has 1 fully saturated rings. The lowest BCUT2D eigenvalue weighted by atomic mass is 10.0. The standard InChI is InChI=1S/C24H26N2O3S2/c1-16-14-30-24(25-16)31-15-17-6-8-18(9-7-17)23(27)26-12-4-5-21(26)20-13-19(28-2)10-11-22(20)29-3/h6-11,13-14,21H,4-5,12,15H2,1-3H3. The molecule has 7 heteroatoms. The molecular formula is C24H26N2O3S2. The van der Waals surface area contributed by atoms with Crippen LogP contribution in [0.2, 0.25) is 0 Å². The van der Waals surface area contributed by atoms with Gasteiger partial charge in [-0.3, -0.25) is 4.79 Å². The van der Waals surface area contributed by atoms with Crippen molar-refractivity contribution < 1.29 is 14.3 Å². The van der Waals surface area contributed by atoms with Crippen LogP contribution in [0.3, 0.4) is 0 Å². The van der Waals surface area contributed by atoms with Gasteiger partial charge in [0.05, 0.1) is 20.3 Å². The van der Waals surface area contributed by atoms with Crippen molar-refractivity contribution in [1.82, 2.24) is 9.88 Å². The van der Waals surface area contributed by atoms with E-state index in [1.165, 1.54) is 5.56 Å². The number of hydrogen-bond donors (Lipinski definition) is 0. The number of ether oxygens (including phenoxy) is 2. The van der Waals surface area contributed by atoms with Gasteiger partial charge >= 0.3 is 0 Å². The molecule has 1 atom stereocenters. The van der Waals surface area contributed by atoms with Gasteiger partial charge in [0.25, 0.3) is 5.91 Å². The van der Waals surface area contributed by atoms with Crippen molar-refractivity contribution in [2.75, 3.05) is 20.8 Å². The van der Waals surface area contributed by atoms with E-state index in [1.54, 1.807) is 37.3 Å². The molecule has 4 rings (SSSR count). The van der Waals surface area contributed by atoms with E-state index in [4.69, 9.17) is 9.47 Å². The second-order valence-electron chi connectivity index (χ2n) is 7.50. The average molecular weight is 455 g/mol. The number of aryl methyl sites for hydroxylation is 1. The minimum Gasteiger partial charge on any atom is -0.497 e. The monoisotopic (exact) mass is 454 g/mol. The molecular weight excluding hydrogens is 428 g/mol. The van der Waals surface area contributed by atoms with E-state index in [-0.39, 0.29) is 11.9 Å². The third-order valence-electron chi connectivity index (χ3n) is 5.47. The summed E-state index contributed by atoms with van der Waals surface area (Å²) < 4.78 is 12.0. The Morgan fingerprint density at radius 3 is 2.68 bits per heavy atom. The Kier molecular flexibility index (Phi) is 6.83. The van der Waals surface area contributed by atoms with Crippen LogP contribution in [0.4, 0.5) is 0 Å². The number of amides is 1. The first-order chi connectivity index (χ1) is 15.1. The predicted octanol–water partition coefficient (Wildman–Crippen LogP) is 5.74. The number of thioether (sulfide) groups is 1. The highest BCUT2D eigenvalue weighted by Crippen LogP contribution is 2.39. The largest absolute Gasteiger partial charge is 0.497 e. The van der Waals surface area contributed by atoms with Crippen molar-refractivity contribution in [1.29, 1.82) is 0 Å². The number of carbonyl (C=O) groups is 1. The number of carbonyl (C=O) groups excluding carboxylic acids is 1. The molecule has 0 N–H and O–H groups in total. The normalized spacial score (nSPS) is 15.8. The number of hydrogen-bond acceptors (Lipinski definition) is 6. The van der Waals surface area contributed by atoms with Crippen molar-refractivity contribution in [2.24, 2.45) is 0 Å². The summed E-state index contributed by atoms with van der Waals surface area (Å²) in [7, 11) is 3.31. The fourth-order valence-corrected chi connectivity index (χ4v) is 5.69. The number of rotatable bonds is 7. The minimum atomic E-state index is -0.0130. The average Bonchev–Trinajstić information content (AvgIpc) is 3.46. The highest BCUT2D eigenvalue weighted by Gasteiger charge is 2.32. The van der Waals surface area contributed by atoms with Crippen LogP contribution in [0.25, 0.3) is 0 Å². The molecule has 1 aromatic heterocycles. The number of nitrogens with zero attached hydrogens (tertiary/aromatic N) is 2. The Bertz CT molecular complexity index is 1050. The van der Waals surface area contributed by atoms with Gasteiger partial charge in [-0.2, -0.15) is 0 Å². The van der Waals surface area contributed by atoms with E-state index in [0.29, 0.717) is 5.56 Å². The summed E-state index contributed by atoms with van der Waals surface area (Å²) >= 11 is 3.39. The second-order valence-corrected chi connectivity index (χ2v) is 9.59. The van der Waals surface area contributed by atoms with Gasteiger partial charge in [-0.05, 0) is 55.7 Å². The molecule has 1 saturated heterocycles. The van der Waals surface area contributed by atoms with Gasteiger partial charge in [-0.25, -0.2) is 4.98 Å². The van der Waals surface area contributed by atoms with Crippen LogP contribution in [0.15, 0.2) is 52.2 Å². The van der Waals surface area contributed by atoms with Crippen molar-refractivity contribution in [2.45, 2.75) is 35.9 Å². The lowest BCUT2D eigenvalue weighted by Crippen LogP contribution is -2.30. The number of thiazole rings is 1. The fraction of sp³-hybridized carbons (Fsp3) is 0.333. The third kappa shape index (κ3) is 4.88. The van der Waals surface area contributed by atoms with Gasteiger partial charge in [0.1, 0.15) is 15.8 Å². The van der Waals surface area contributed by atoms with E-state index >= 15 is 0 Å². The predicted molar refractivity (Wildman–Crippen MR) is 125 cm³/mol. The Morgan fingerprint density at radius 2 is 2.00 bits per heavy atom. The molecule has 0 aliphatic carbocycles. The molecule has 1 aliphatic rings. The molecule has 3 aromatic rings. The number of benzene rings is 2. The molecule has 1 unspecified atom stereocenters. The maximum atomic E-state index is 13.3. The molecule has 0 bridgehead atoms. The third-order valence-corrected chi connectivity index (χ3v) is 7.68. The summed E-state index contributed by atoms with van der Waals surface area (Å²) in [5, 5.41) is 2.06. The molecule has 162 valence electrons. The summed E-state index contributed by atoms with van der Waals surface area (Å²) in [4.78, 5) is 19.8. The first kappa shape index (κ1) is 21.7. The number of aromatic nitrogens is 1. The summed E-state index contributed by atoms with van der Waals surface area (Å²) in [6, 6.07) is 13.7. The molecule has 0 saturated carbocycles. The molecule has 0 spiro atoms. The first-order valence-corrected chi connectivity index (χ1v) is 12.1. The molecule has 2 heterocycles. The van der Waals surface area contributed by atoms with Gasteiger partial charge in [0, 0.05) is 34.5 Å². The van der Waals surface area contributed by atoms with Crippen LogP contribution < -0.4 is 9.47 Å². The van der Waals surface area contributed by atoms with Gasteiger partial charge in [-0.15, -0.1) is 11.3 Å². The Morgan fingerprint density at radius 1 is 1.19 bits per heavy atom. The zero-order valence-electron chi connectivity index (χ0n) is 18.0. The lowest BCUT2D eigenvalue weighted by Gasteiger charge is -2.27. The summed E-state index contributed by atoms with van der Waals surface area (Å²) in [6.07, 6.45) is 1.88. The molecule has 1 amide bonds. The Hall–Kier alpha value is -2.51.